The second kappa shape index (κ2) is 6.19. The van der Waals surface area contributed by atoms with Crippen LogP contribution in [-0.4, -0.2) is 25.5 Å². The van der Waals surface area contributed by atoms with Gasteiger partial charge in [-0.15, -0.1) is 0 Å². The van der Waals surface area contributed by atoms with Crippen LogP contribution in [0.1, 0.15) is 19.3 Å². The molecule has 1 aliphatic heterocycles. The smallest absolute Gasteiger partial charge is 0.220 e. The fourth-order valence-corrected chi connectivity index (χ4v) is 1.77. The van der Waals surface area contributed by atoms with Crippen LogP contribution < -0.4 is 10.6 Å². The lowest BCUT2D eigenvalue weighted by Gasteiger charge is -2.21. The molecule has 80 valence electrons. The first kappa shape index (κ1) is 11.7. The van der Waals surface area contributed by atoms with Gasteiger partial charge in [0.2, 0.25) is 5.91 Å². The highest BCUT2D eigenvalue weighted by atomic mass is 79.9. The number of amides is 1. The highest BCUT2D eigenvalue weighted by Gasteiger charge is 2.16. The molecule has 1 fully saturated rings. The summed E-state index contributed by atoms with van der Waals surface area (Å²) in [6.45, 7) is 6.26. The molecule has 1 saturated heterocycles. The Bertz CT molecular complexity index is 212. The Morgan fingerprint density at radius 1 is 1.64 bits per heavy atom. The highest BCUT2D eigenvalue weighted by Crippen LogP contribution is 2.13. The van der Waals surface area contributed by atoms with Crippen LogP contribution in [0.2, 0.25) is 0 Å². The molecule has 0 aromatic carbocycles. The monoisotopic (exact) mass is 260 g/mol. The van der Waals surface area contributed by atoms with E-state index >= 15 is 0 Å². The van der Waals surface area contributed by atoms with Crippen molar-refractivity contribution in [3.8, 4) is 0 Å². The molecule has 0 bridgehead atoms. The van der Waals surface area contributed by atoms with Crippen LogP contribution >= 0.6 is 15.9 Å². The van der Waals surface area contributed by atoms with Crippen LogP contribution in [0.25, 0.3) is 0 Å². The molecular weight excluding hydrogens is 244 g/mol. The predicted octanol–water partition coefficient (Wildman–Crippen LogP) is 1.40. The molecule has 0 aliphatic carbocycles. The lowest BCUT2D eigenvalue weighted by molar-refractivity contribution is -0.121. The Hall–Kier alpha value is -0.350. The maximum Gasteiger partial charge on any atom is 0.220 e. The molecule has 0 aromatic heterocycles. The Balaban J connectivity index is 2.15. The molecule has 0 radical (unpaired) electrons. The zero-order valence-corrected chi connectivity index (χ0v) is 9.90. The van der Waals surface area contributed by atoms with Crippen LogP contribution in [0.5, 0.6) is 0 Å². The molecule has 1 heterocycles. The van der Waals surface area contributed by atoms with E-state index in [1.807, 2.05) is 0 Å². The minimum atomic E-state index is 0.124. The highest BCUT2D eigenvalue weighted by molar-refractivity contribution is 9.11. The molecular formula is C10H17BrN2O. The standard InChI is InChI=1S/C10H17BrN2O/c1-8(11)6-13-10(14)5-9-3-2-4-12-7-9/h9,12H,1-7H2,(H,13,14). The molecule has 3 nitrogen and oxygen atoms in total. The van der Waals surface area contributed by atoms with Gasteiger partial charge in [-0.1, -0.05) is 22.5 Å². The fourth-order valence-electron chi connectivity index (χ4n) is 1.63. The van der Waals surface area contributed by atoms with Crippen LogP contribution in [0.15, 0.2) is 11.1 Å². The molecule has 4 heteroatoms. The number of hydrogen-bond donors (Lipinski definition) is 2. The first-order valence-electron chi connectivity index (χ1n) is 4.99. The van der Waals surface area contributed by atoms with Crippen molar-refractivity contribution in [2.75, 3.05) is 19.6 Å². The molecule has 0 aromatic rings. The number of hydrogen-bond acceptors (Lipinski definition) is 2. The Labute approximate surface area is 93.5 Å². The molecule has 1 rings (SSSR count). The average molecular weight is 261 g/mol. The zero-order valence-electron chi connectivity index (χ0n) is 8.31. The SMILES string of the molecule is C=C(Br)CNC(=O)CC1CCCNC1. The van der Waals surface area contributed by atoms with Gasteiger partial charge in [-0.05, 0) is 31.8 Å². The van der Waals surface area contributed by atoms with Crippen LogP contribution in [0, 0.1) is 5.92 Å². The van der Waals surface area contributed by atoms with Gasteiger partial charge in [0.25, 0.3) is 0 Å². The number of nitrogens with one attached hydrogen (secondary N) is 2. The second-order valence-corrected chi connectivity index (χ2v) is 4.83. The van der Waals surface area contributed by atoms with Crippen molar-refractivity contribution in [1.29, 1.82) is 0 Å². The lowest BCUT2D eigenvalue weighted by Crippen LogP contribution is -2.34. The van der Waals surface area contributed by atoms with Gasteiger partial charge in [0.15, 0.2) is 0 Å². The minimum absolute atomic E-state index is 0.124. The summed E-state index contributed by atoms with van der Waals surface area (Å²) < 4.78 is 0.813. The van der Waals surface area contributed by atoms with Crippen molar-refractivity contribution in [1.82, 2.24) is 10.6 Å². The third-order valence-corrected chi connectivity index (χ3v) is 2.63. The third-order valence-electron chi connectivity index (χ3n) is 2.35. The summed E-state index contributed by atoms with van der Waals surface area (Å²) in [6, 6.07) is 0. The largest absolute Gasteiger partial charge is 0.352 e. The topological polar surface area (TPSA) is 41.1 Å². The van der Waals surface area contributed by atoms with Gasteiger partial charge in [-0.3, -0.25) is 4.79 Å². The van der Waals surface area contributed by atoms with E-state index in [2.05, 4.69) is 33.1 Å². The first-order chi connectivity index (χ1) is 6.68. The number of halogens is 1. The van der Waals surface area contributed by atoms with Crippen molar-refractivity contribution >= 4 is 21.8 Å². The molecule has 1 aliphatic rings. The lowest BCUT2D eigenvalue weighted by atomic mass is 9.96. The van der Waals surface area contributed by atoms with E-state index in [0.717, 1.165) is 24.0 Å². The van der Waals surface area contributed by atoms with Crippen molar-refractivity contribution in [2.24, 2.45) is 5.92 Å². The first-order valence-corrected chi connectivity index (χ1v) is 5.78. The molecule has 1 amide bonds. The van der Waals surface area contributed by atoms with Gasteiger partial charge in [-0.25, -0.2) is 0 Å². The third kappa shape index (κ3) is 4.77. The van der Waals surface area contributed by atoms with E-state index < -0.39 is 0 Å². The minimum Gasteiger partial charge on any atom is -0.352 e. The van der Waals surface area contributed by atoms with Crippen molar-refractivity contribution in [2.45, 2.75) is 19.3 Å². The maximum atomic E-state index is 11.4. The summed E-state index contributed by atoms with van der Waals surface area (Å²) in [4.78, 5) is 11.4. The van der Waals surface area contributed by atoms with Gasteiger partial charge in [0, 0.05) is 17.4 Å². The Morgan fingerprint density at radius 2 is 2.43 bits per heavy atom. The van der Waals surface area contributed by atoms with Crippen LogP contribution in [0.3, 0.4) is 0 Å². The average Bonchev–Trinajstić information content (AvgIpc) is 2.16. The number of carbonyl (C=O) groups is 1. The molecule has 1 atom stereocenters. The van der Waals surface area contributed by atoms with Crippen molar-refractivity contribution < 1.29 is 4.79 Å². The van der Waals surface area contributed by atoms with Crippen LogP contribution in [-0.2, 0) is 4.79 Å². The van der Waals surface area contributed by atoms with Crippen molar-refractivity contribution in [3.63, 3.8) is 0 Å². The second-order valence-electron chi connectivity index (χ2n) is 3.71. The van der Waals surface area contributed by atoms with Crippen molar-refractivity contribution in [3.05, 3.63) is 11.1 Å². The Kier molecular flexibility index (Phi) is 5.19. The van der Waals surface area contributed by atoms with E-state index in [1.54, 1.807) is 0 Å². The Morgan fingerprint density at radius 3 is 3.00 bits per heavy atom. The van der Waals surface area contributed by atoms with E-state index in [4.69, 9.17) is 0 Å². The summed E-state index contributed by atoms with van der Waals surface area (Å²) in [7, 11) is 0. The van der Waals surface area contributed by atoms with Gasteiger partial charge in [-0.2, -0.15) is 0 Å². The number of rotatable bonds is 4. The zero-order chi connectivity index (χ0) is 10.4. The van der Waals surface area contributed by atoms with E-state index in [9.17, 15) is 4.79 Å². The number of carbonyl (C=O) groups excluding carboxylic acids is 1. The van der Waals surface area contributed by atoms with Gasteiger partial charge < -0.3 is 10.6 Å². The van der Waals surface area contributed by atoms with Gasteiger partial charge in [0.05, 0.1) is 0 Å². The van der Waals surface area contributed by atoms with Crippen LogP contribution in [0.4, 0.5) is 0 Å². The normalized spacial score (nSPS) is 21.6. The molecule has 0 spiro atoms. The summed E-state index contributed by atoms with van der Waals surface area (Å²) in [5.41, 5.74) is 0. The van der Waals surface area contributed by atoms with E-state index in [-0.39, 0.29) is 5.91 Å². The maximum absolute atomic E-state index is 11.4. The quantitative estimate of drug-likeness (QED) is 0.803. The molecule has 2 N–H and O–H groups in total. The molecule has 1 unspecified atom stereocenters. The number of piperidine rings is 1. The summed E-state index contributed by atoms with van der Waals surface area (Å²) in [5, 5.41) is 6.11. The van der Waals surface area contributed by atoms with Gasteiger partial charge >= 0.3 is 0 Å². The predicted molar refractivity (Wildman–Crippen MR) is 61.3 cm³/mol. The summed E-state index contributed by atoms with van der Waals surface area (Å²) in [5.74, 6) is 0.631. The fraction of sp³-hybridized carbons (Fsp3) is 0.700. The molecule has 0 saturated carbocycles. The summed E-state index contributed by atoms with van der Waals surface area (Å²) >= 11 is 3.21. The van der Waals surface area contributed by atoms with Gasteiger partial charge in [0.1, 0.15) is 0 Å². The molecule has 14 heavy (non-hydrogen) atoms. The van der Waals surface area contributed by atoms with E-state index in [0.29, 0.717) is 18.9 Å². The summed E-state index contributed by atoms with van der Waals surface area (Å²) in [6.07, 6.45) is 2.98. The van der Waals surface area contributed by atoms with E-state index in [1.165, 1.54) is 6.42 Å².